The van der Waals surface area contributed by atoms with Crippen molar-refractivity contribution in [3.63, 3.8) is 0 Å². The van der Waals surface area contributed by atoms with Crippen LogP contribution in [0.2, 0.25) is 0 Å². The molecule has 2 fully saturated rings. The van der Waals surface area contributed by atoms with E-state index in [2.05, 4.69) is 4.90 Å². The van der Waals surface area contributed by atoms with Gasteiger partial charge in [0.25, 0.3) is 5.69 Å². The summed E-state index contributed by atoms with van der Waals surface area (Å²) in [5.74, 6) is -0.431. The molecule has 3 aromatic rings. The zero-order chi connectivity index (χ0) is 29.3. The molecular formula is C28H27F4N3O5S. The fourth-order valence-corrected chi connectivity index (χ4v) is 6.63. The minimum atomic E-state index is -4.81. The number of nitrogens with zero attached hydrogens (tertiary/aromatic N) is 3. The highest BCUT2D eigenvalue weighted by molar-refractivity contribution is 7.22. The average Bonchev–Trinajstić information content (AvgIpc) is 2.93. The molecule has 218 valence electrons. The van der Waals surface area contributed by atoms with E-state index in [1.165, 1.54) is 30.3 Å². The summed E-state index contributed by atoms with van der Waals surface area (Å²) in [7, 11) is 0. The monoisotopic (exact) mass is 593 g/mol. The number of fused-ring (bicyclic) bond motifs is 1. The summed E-state index contributed by atoms with van der Waals surface area (Å²) in [4.78, 5) is 40.0. The summed E-state index contributed by atoms with van der Waals surface area (Å²) in [5.41, 5.74) is -2.30. The summed E-state index contributed by atoms with van der Waals surface area (Å²) in [6, 6.07) is 7.70. The molecule has 0 unspecified atom stereocenters. The molecule has 8 nitrogen and oxygen atoms in total. The second kappa shape index (κ2) is 11.7. The van der Waals surface area contributed by atoms with E-state index in [0.29, 0.717) is 54.8 Å². The van der Waals surface area contributed by atoms with Crippen molar-refractivity contribution in [1.82, 2.24) is 4.90 Å². The van der Waals surface area contributed by atoms with Crippen LogP contribution in [0.15, 0.2) is 47.3 Å². The first-order valence-corrected chi connectivity index (χ1v) is 14.1. The zero-order valence-corrected chi connectivity index (χ0v) is 22.7. The number of nitro groups is 1. The second-order valence-corrected chi connectivity index (χ2v) is 11.4. The number of esters is 1. The maximum atomic E-state index is 13.2. The molecule has 0 radical (unpaired) electrons. The number of alkyl halides is 3. The van der Waals surface area contributed by atoms with Gasteiger partial charge in [0.15, 0.2) is 5.43 Å². The third kappa shape index (κ3) is 6.67. The molecule has 1 aliphatic heterocycles. The Morgan fingerprint density at radius 1 is 1.02 bits per heavy atom. The van der Waals surface area contributed by atoms with Crippen molar-refractivity contribution >= 4 is 38.1 Å². The number of benzene rings is 2. The Kier molecular flexibility index (Phi) is 8.28. The number of rotatable bonds is 6. The van der Waals surface area contributed by atoms with Gasteiger partial charge in [-0.2, -0.15) is 13.2 Å². The third-order valence-electron chi connectivity index (χ3n) is 7.67. The molecule has 5 rings (SSSR count). The molecule has 1 saturated heterocycles. The van der Waals surface area contributed by atoms with Gasteiger partial charge in [0.2, 0.25) is 0 Å². The van der Waals surface area contributed by atoms with E-state index in [0.717, 1.165) is 43.6 Å². The topological polar surface area (TPSA) is 93.0 Å². The van der Waals surface area contributed by atoms with Crippen LogP contribution in [0.4, 0.5) is 28.3 Å². The van der Waals surface area contributed by atoms with Crippen molar-refractivity contribution in [1.29, 1.82) is 0 Å². The fourth-order valence-electron chi connectivity index (χ4n) is 5.44. The van der Waals surface area contributed by atoms with Crippen LogP contribution >= 0.6 is 11.3 Å². The van der Waals surface area contributed by atoms with E-state index in [1.807, 2.05) is 4.90 Å². The van der Waals surface area contributed by atoms with E-state index in [-0.39, 0.29) is 16.2 Å². The minimum absolute atomic E-state index is 0.0650. The van der Waals surface area contributed by atoms with Crippen molar-refractivity contribution in [2.24, 2.45) is 5.92 Å². The van der Waals surface area contributed by atoms with Crippen LogP contribution < -0.4 is 10.3 Å². The third-order valence-corrected chi connectivity index (χ3v) is 8.89. The number of ether oxygens (including phenoxy) is 1. The summed E-state index contributed by atoms with van der Waals surface area (Å²) >= 11 is 0.961. The van der Waals surface area contributed by atoms with Gasteiger partial charge in [-0.1, -0.05) is 0 Å². The van der Waals surface area contributed by atoms with Crippen molar-refractivity contribution in [2.75, 3.05) is 37.6 Å². The lowest BCUT2D eigenvalue weighted by Crippen LogP contribution is -2.48. The molecule has 0 N–H and O–H groups in total. The predicted octanol–water partition coefficient (Wildman–Crippen LogP) is 5.87. The Balaban J connectivity index is 1.16. The Morgan fingerprint density at radius 2 is 1.68 bits per heavy atom. The normalized spacial score (nSPS) is 20.2. The molecule has 2 aromatic carbocycles. The number of carbonyl (C=O) groups is 1. The lowest BCUT2D eigenvalue weighted by Gasteiger charge is -2.38. The van der Waals surface area contributed by atoms with Crippen molar-refractivity contribution in [3.05, 3.63) is 79.7 Å². The van der Waals surface area contributed by atoms with E-state index < -0.39 is 39.6 Å². The summed E-state index contributed by atoms with van der Waals surface area (Å²) < 4.78 is 58.4. The molecule has 0 bridgehead atoms. The van der Waals surface area contributed by atoms with E-state index >= 15 is 0 Å². The number of non-ortho nitro benzene ring substituents is 1. The number of piperazine rings is 1. The largest absolute Gasteiger partial charge is 0.459 e. The van der Waals surface area contributed by atoms with Crippen LogP contribution in [0.1, 0.15) is 41.6 Å². The van der Waals surface area contributed by atoms with Crippen molar-refractivity contribution < 1.29 is 32.0 Å². The molecule has 1 aliphatic carbocycles. The first-order valence-electron chi connectivity index (χ1n) is 13.3. The average molecular weight is 594 g/mol. The van der Waals surface area contributed by atoms with Crippen molar-refractivity contribution in [2.45, 2.75) is 38.0 Å². The predicted molar refractivity (Wildman–Crippen MR) is 146 cm³/mol. The number of halogens is 4. The van der Waals surface area contributed by atoms with Gasteiger partial charge >= 0.3 is 12.1 Å². The number of anilines is 1. The van der Waals surface area contributed by atoms with Gasteiger partial charge in [0, 0.05) is 50.2 Å². The lowest BCUT2D eigenvalue weighted by atomic mass is 9.87. The standard InChI is InChI=1S/C28H27F4N3O5S/c29-20-5-3-18(4-6-20)27(37)40-21-7-1-17(2-8-21)16-33-9-11-34(12-10-33)25-15-24(36)22-13-19(28(30,31)32)14-23(35(38)39)26(22)41-25/h3-6,13-15,17,21H,1-2,7-12,16H2. The molecule has 2 heterocycles. The minimum Gasteiger partial charge on any atom is -0.459 e. The van der Waals surface area contributed by atoms with Crippen LogP contribution in [-0.2, 0) is 10.9 Å². The van der Waals surface area contributed by atoms with Crippen LogP contribution in [0.25, 0.3) is 10.1 Å². The lowest BCUT2D eigenvalue weighted by molar-refractivity contribution is -0.383. The fraction of sp³-hybridized carbons (Fsp3) is 0.429. The van der Waals surface area contributed by atoms with Gasteiger partial charge in [0.1, 0.15) is 16.6 Å². The van der Waals surface area contributed by atoms with E-state index in [4.69, 9.17) is 4.74 Å². The van der Waals surface area contributed by atoms with Crippen LogP contribution in [0.5, 0.6) is 0 Å². The van der Waals surface area contributed by atoms with Gasteiger partial charge in [-0.15, -0.1) is 11.3 Å². The van der Waals surface area contributed by atoms with Gasteiger partial charge in [-0.05, 0) is 61.9 Å². The highest BCUT2D eigenvalue weighted by atomic mass is 32.1. The molecule has 1 aromatic heterocycles. The molecule has 0 atom stereocenters. The highest BCUT2D eigenvalue weighted by Gasteiger charge is 2.34. The Labute approximate surface area is 236 Å². The molecular weight excluding hydrogens is 566 g/mol. The number of hydrogen-bond acceptors (Lipinski definition) is 8. The second-order valence-electron chi connectivity index (χ2n) is 10.4. The summed E-state index contributed by atoms with van der Waals surface area (Å²) in [6.07, 6.45) is -1.68. The Hall–Kier alpha value is -3.58. The van der Waals surface area contributed by atoms with E-state index in [9.17, 15) is 37.3 Å². The summed E-state index contributed by atoms with van der Waals surface area (Å²) in [6.45, 7) is 3.41. The van der Waals surface area contributed by atoms with Crippen LogP contribution in [0.3, 0.4) is 0 Å². The molecule has 0 amide bonds. The Morgan fingerprint density at radius 3 is 2.29 bits per heavy atom. The maximum absolute atomic E-state index is 13.2. The maximum Gasteiger partial charge on any atom is 0.416 e. The van der Waals surface area contributed by atoms with Gasteiger partial charge in [-0.3, -0.25) is 19.8 Å². The number of carbonyl (C=O) groups excluding carboxylic acids is 1. The van der Waals surface area contributed by atoms with E-state index in [1.54, 1.807) is 0 Å². The van der Waals surface area contributed by atoms with Gasteiger partial charge < -0.3 is 9.64 Å². The Bertz CT molecular complexity index is 1500. The quantitative estimate of drug-likeness (QED) is 0.153. The number of nitro benzene ring substituents is 1. The molecule has 13 heteroatoms. The SMILES string of the molecule is O=C(OC1CCC(CN2CCN(c3cc(=O)c4cc(C(F)(F)F)cc([N+](=O)[O-])c4s3)CC2)CC1)c1ccc(F)cc1. The zero-order valence-electron chi connectivity index (χ0n) is 21.9. The molecule has 1 saturated carbocycles. The van der Waals surface area contributed by atoms with Gasteiger partial charge in [0.05, 0.1) is 21.1 Å². The smallest absolute Gasteiger partial charge is 0.416 e. The summed E-state index contributed by atoms with van der Waals surface area (Å²) in [5, 5.41) is 11.7. The molecule has 2 aliphatic rings. The van der Waals surface area contributed by atoms with Crippen molar-refractivity contribution in [3.8, 4) is 0 Å². The number of hydrogen-bond donors (Lipinski definition) is 0. The molecule has 0 spiro atoms. The first kappa shape index (κ1) is 28.9. The van der Waals surface area contributed by atoms with Gasteiger partial charge in [-0.25, -0.2) is 9.18 Å². The van der Waals surface area contributed by atoms with Crippen LogP contribution in [0, 0.1) is 21.8 Å². The molecule has 41 heavy (non-hydrogen) atoms. The highest BCUT2D eigenvalue weighted by Crippen LogP contribution is 2.39. The van der Waals surface area contributed by atoms with Crippen LogP contribution in [-0.4, -0.2) is 54.6 Å². The first-order chi connectivity index (χ1) is 19.5.